The van der Waals surface area contributed by atoms with E-state index in [1.807, 2.05) is 12.1 Å². The summed E-state index contributed by atoms with van der Waals surface area (Å²) in [5.41, 5.74) is 5.74. The Morgan fingerprint density at radius 3 is 2.95 bits per heavy atom. The van der Waals surface area contributed by atoms with Crippen LogP contribution in [0.5, 0.6) is 5.75 Å². The Kier molecular flexibility index (Phi) is 7.23. The Bertz CT molecular complexity index is 1820. The maximum absolute atomic E-state index is 14.3. The van der Waals surface area contributed by atoms with Crippen molar-refractivity contribution in [3.8, 4) is 5.75 Å². The van der Waals surface area contributed by atoms with Crippen LogP contribution in [-0.4, -0.2) is 58.9 Å². The maximum atomic E-state index is 14.3. The zero-order valence-electron chi connectivity index (χ0n) is 22.7. The molecule has 1 atom stereocenters. The van der Waals surface area contributed by atoms with Crippen LogP contribution in [0.25, 0.3) is 21.9 Å². The van der Waals surface area contributed by atoms with E-state index in [1.165, 1.54) is 11.6 Å². The van der Waals surface area contributed by atoms with Crippen molar-refractivity contribution in [1.82, 2.24) is 19.4 Å². The van der Waals surface area contributed by atoms with E-state index < -0.39 is 5.97 Å². The molecule has 214 valence electrons. The van der Waals surface area contributed by atoms with Crippen LogP contribution < -0.4 is 4.74 Å². The number of nitrogens with zero attached hydrogens (tertiary/aromatic N) is 3. The van der Waals surface area contributed by atoms with Crippen LogP contribution in [0.2, 0.25) is 11.1 Å². The van der Waals surface area contributed by atoms with Crippen molar-refractivity contribution in [1.29, 1.82) is 0 Å². The normalized spacial score (nSPS) is 17.2. The number of carbonyl (C=O) groups is 1. The number of aromatic carboxylic acids is 1. The predicted octanol–water partition coefficient (Wildman–Crippen LogP) is 5.62. The molecule has 2 aromatic heterocycles. The number of benzene rings is 3. The highest BCUT2D eigenvalue weighted by Gasteiger charge is 2.26. The highest BCUT2D eigenvalue weighted by atomic mass is 35.5. The number of hydrogen-bond acceptors (Lipinski definition) is 5. The van der Waals surface area contributed by atoms with Gasteiger partial charge in [-0.05, 0) is 54.4 Å². The monoisotopic (exact) mass is 602 g/mol. The van der Waals surface area contributed by atoms with Crippen LogP contribution in [-0.2, 0) is 37.4 Å². The summed E-state index contributed by atoms with van der Waals surface area (Å²) in [4.78, 5) is 22.6. The summed E-state index contributed by atoms with van der Waals surface area (Å²) in [6, 6.07) is 16.7. The third-order valence-electron chi connectivity index (χ3n) is 8.03. The van der Waals surface area contributed by atoms with Crippen molar-refractivity contribution < 1.29 is 23.8 Å². The third-order valence-corrected chi connectivity index (χ3v) is 9.56. The van der Waals surface area contributed by atoms with Gasteiger partial charge in [0.1, 0.15) is 24.0 Å². The van der Waals surface area contributed by atoms with Crippen LogP contribution in [0.3, 0.4) is 0 Å². The van der Waals surface area contributed by atoms with E-state index in [1.54, 1.807) is 30.3 Å². The molecule has 5 aromatic rings. The molecule has 2 aliphatic heterocycles. The number of hydrogen-bond donors (Lipinski definition) is 2. The Morgan fingerprint density at radius 2 is 2.14 bits per heavy atom. The molecule has 0 bridgehead atoms. The van der Waals surface area contributed by atoms with Gasteiger partial charge >= 0.3 is 5.97 Å². The lowest BCUT2D eigenvalue weighted by Crippen LogP contribution is -2.32. The van der Waals surface area contributed by atoms with E-state index in [2.05, 4.69) is 20.5 Å². The lowest BCUT2D eigenvalue weighted by molar-refractivity contribution is 0.0697. The second-order valence-corrected chi connectivity index (χ2v) is 12.7. The number of fused-ring (bicyclic) bond motifs is 4. The molecule has 0 saturated carbocycles. The summed E-state index contributed by atoms with van der Waals surface area (Å²) >= 11 is 5.90. The summed E-state index contributed by atoms with van der Waals surface area (Å²) in [6.07, 6.45) is 0.862. The third kappa shape index (κ3) is 5.20. The summed E-state index contributed by atoms with van der Waals surface area (Å²) in [7, 11) is 0.719. The molecule has 11 heteroatoms. The molecule has 7 rings (SSSR count). The second kappa shape index (κ2) is 11.2. The highest BCUT2D eigenvalue weighted by molar-refractivity contribution is 6.38. The fourth-order valence-electron chi connectivity index (χ4n) is 5.94. The summed E-state index contributed by atoms with van der Waals surface area (Å²) in [5.74, 6) is 0.244. The lowest BCUT2D eigenvalue weighted by atomic mass is 10.0. The molecule has 4 heterocycles. The molecule has 8 nitrogen and oxygen atoms in total. The van der Waals surface area contributed by atoms with Gasteiger partial charge in [-0.15, -0.1) is 0 Å². The molecule has 0 amide bonds. The van der Waals surface area contributed by atoms with E-state index in [4.69, 9.17) is 26.1 Å². The number of aromatic amines is 1. The van der Waals surface area contributed by atoms with Gasteiger partial charge in [0.05, 0.1) is 43.9 Å². The van der Waals surface area contributed by atoms with Gasteiger partial charge in [0.2, 0.25) is 0 Å². The van der Waals surface area contributed by atoms with Gasteiger partial charge in [-0.3, -0.25) is 4.90 Å². The number of ether oxygens (including phenoxy) is 2. The van der Waals surface area contributed by atoms with Gasteiger partial charge in [-0.1, -0.05) is 29.8 Å². The first-order valence-corrected chi connectivity index (χ1v) is 15.6. The molecule has 42 heavy (non-hydrogen) atoms. The smallest absolute Gasteiger partial charge is 0.335 e. The van der Waals surface area contributed by atoms with E-state index >= 15 is 0 Å². The van der Waals surface area contributed by atoms with Gasteiger partial charge in [0.25, 0.3) is 0 Å². The largest absolute Gasteiger partial charge is 0.487 e. The summed E-state index contributed by atoms with van der Waals surface area (Å²) in [6.45, 7) is 3.71. The quantitative estimate of drug-likeness (QED) is 0.224. The fraction of sp³-hybridized carbons (Fsp3) is 0.290. The topological polar surface area (TPSA) is 92.6 Å². The molecule has 2 aliphatic rings. The first kappa shape index (κ1) is 27.1. The molecular weight excluding hydrogens is 575 g/mol. The van der Waals surface area contributed by atoms with Crippen LogP contribution in [0.4, 0.5) is 4.39 Å². The number of H-pyrrole nitrogens is 1. The number of rotatable bonds is 8. The molecule has 1 saturated heterocycles. The van der Waals surface area contributed by atoms with E-state index in [0.29, 0.717) is 36.0 Å². The SMILES string of the molecule is O=C(O)c1ccc2nc(CN3CCc4c([nH]c5c(OCc6ccc(Cl)cc6F)cccc45)C3)n(C[C@H]3OCC[Si]3)c2c1. The summed E-state index contributed by atoms with van der Waals surface area (Å²) < 4.78 is 28.5. The zero-order chi connectivity index (χ0) is 28.8. The van der Waals surface area contributed by atoms with Crippen molar-refractivity contribution in [2.24, 2.45) is 0 Å². The molecule has 3 aromatic carbocycles. The number of aromatic nitrogens is 3. The van der Waals surface area contributed by atoms with E-state index in [9.17, 15) is 14.3 Å². The second-order valence-electron chi connectivity index (χ2n) is 10.7. The fourth-order valence-corrected chi connectivity index (χ4v) is 7.20. The van der Waals surface area contributed by atoms with Crippen LogP contribution >= 0.6 is 11.6 Å². The number of para-hydroxylation sites is 1. The predicted molar refractivity (Wildman–Crippen MR) is 159 cm³/mol. The minimum Gasteiger partial charge on any atom is -0.487 e. The lowest BCUT2D eigenvalue weighted by Gasteiger charge is -2.27. The van der Waals surface area contributed by atoms with Crippen molar-refractivity contribution in [3.63, 3.8) is 0 Å². The van der Waals surface area contributed by atoms with Crippen molar-refractivity contribution in [2.75, 3.05) is 13.2 Å². The Morgan fingerprint density at radius 1 is 1.24 bits per heavy atom. The first-order chi connectivity index (χ1) is 20.4. The van der Waals surface area contributed by atoms with E-state index in [-0.39, 0.29) is 23.7 Å². The highest BCUT2D eigenvalue weighted by Crippen LogP contribution is 2.34. The molecule has 2 N–H and O–H groups in total. The van der Waals surface area contributed by atoms with Gasteiger partial charge in [0, 0.05) is 47.9 Å². The van der Waals surface area contributed by atoms with Crippen LogP contribution in [0, 0.1) is 5.82 Å². The molecule has 1 fully saturated rings. The number of halogens is 2. The van der Waals surface area contributed by atoms with Gasteiger partial charge in [0.15, 0.2) is 0 Å². The van der Waals surface area contributed by atoms with Gasteiger partial charge < -0.3 is 24.1 Å². The van der Waals surface area contributed by atoms with Crippen molar-refractivity contribution in [3.05, 3.63) is 93.6 Å². The van der Waals surface area contributed by atoms with E-state index in [0.717, 1.165) is 68.6 Å². The molecular formula is C31H28ClFN4O4Si. The molecule has 0 spiro atoms. The zero-order valence-corrected chi connectivity index (χ0v) is 24.5. The van der Waals surface area contributed by atoms with Crippen molar-refractivity contribution in [2.45, 2.75) is 44.4 Å². The Hall–Kier alpha value is -3.70. The van der Waals surface area contributed by atoms with Gasteiger partial charge in [-0.25, -0.2) is 14.2 Å². The number of imidazole rings is 1. The average Bonchev–Trinajstić information content (AvgIpc) is 3.70. The first-order valence-electron chi connectivity index (χ1n) is 13.9. The minimum absolute atomic E-state index is 0.100. The standard InChI is InChI=1S/C31H28ClFN4O4Si/c32-20-6-4-19(23(33)13-20)17-41-27-3-1-2-22-21-8-9-36(14-25(21)35-30(22)27)15-28-34-24-7-5-18(31(38)39)12-26(24)37(28)16-29-40-10-11-42-29/h1-7,12-13,29,35H,8-11,14-17H2,(H,38,39)/t29-/m0/s1. The van der Waals surface area contributed by atoms with Crippen LogP contribution in [0.15, 0.2) is 54.6 Å². The van der Waals surface area contributed by atoms with Crippen LogP contribution in [0.1, 0.15) is 33.0 Å². The number of nitrogens with one attached hydrogen (secondary N) is 1. The Labute approximate surface area is 248 Å². The summed E-state index contributed by atoms with van der Waals surface area (Å²) in [5, 5.41) is 11.0. The molecule has 0 unspecified atom stereocenters. The number of carboxylic acid groups (broad SMARTS) is 1. The van der Waals surface area contributed by atoms with Gasteiger partial charge in [-0.2, -0.15) is 0 Å². The van der Waals surface area contributed by atoms with Crippen molar-refractivity contribution >= 4 is 49.0 Å². The minimum atomic E-state index is -0.950. The average molecular weight is 603 g/mol. The number of carboxylic acids is 1. The molecule has 2 radical (unpaired) electrons. The maximum Gasteiger partial charge on any atom is 0.335 e. The Balaban J connectivity index is 1.14. The molecule has 0 aliphatic carbocycles.